The first kappa shape index (κ1) is 13.8. The molecule has 1 saturated carbocycles. The van der Waals surface area contributed by atoms with Crippen LogP contribution in [0, 0.1) is 6.92 Å². The van der Waals surface area contributed by atoms with Crippen molar-refractivity contribution in [2.75, 3.05) is 0 Å². The van der Waals surface area contributed by atoms with E-state index in [-0.39, 0.29) is 0 Å². The molecule has 1 aromatic heterocycles. The summed E-state index contributed by atoms with van der Waals surface area (Å²) in [5, 5.41) is 4.13. The molecule has 3 rings (SSSR count). The van der Waals surface area contributed by atoms with Crippen molar-refractivity contribution in [3.05, 3.63) is 34.1 Å². The first-order chi connectivity index (χ1) is 9.60. The first-order valence-electron chi connectivity index (χ1n) is 6.99. The van der Waals surface area contributed by atoms with E-state index in [9.17, 15) is 0 Å². The molecule has 0 radical (unpaired) electrons. The minimum atomic E-state index is -0.420. The zero-order valence-electron chi connectivity index (χ0n) is 11.5. The predicted molar refractivity (Wildman–Crippen MR) is 81.1 cm³/mol. The van der Waals surface area contributed by atoms with E-state index in [0.717, 1.165) is 41.3 Å². The van der Waals surface area contributed by atoms with Crippen molar-refractivity contribution in [3.63, 3.8) is 0 Å². The van der Waals surface area contributed by atoms with Gasteiger partial charge in [0.25, 0.3) is 5.89 Å². The average molecular weight is 336 g/mol. The lowest BCUT2D eigenvalue weighted by molar-refractivity contribution is 0.275. The quantitative estimate of drug-likeness (QED) is 0.903. The zero-order valence-corrected chi connectivity index (χ0v) is 13.1. The van der Waals surface area contributed by atoms with E-state index < -0.39 is 5.54 Å². The molecule has 1 aromatic carbocycles. The Kier molecular flexibility index (Phi) is 3.65. The summed E-state index contributed by atoms with van der Waals surface area (Å²) >= 11 is 3.58. The second-order valence-electron chi connectivity index (χ2n) is 5.58. The summed E-state index contributed by atoms with van der Waals surface area (Å²) < 4.78 is 6.42. The monoisotopic (exact) mass is 335 g/mol. The van der Waals surface area contributed by atoms with Crippen LogP contribution in [-0.4, -0.2) is 10.1 Å². The van der Waals surface area contributed by atoms with Crippen LogP contribution in [0.2, 0.25) is 0 Å². The lowest BCUT2D eigenvalue weighted by Gasteiger charge is -2.29. The van der Waals surface area contributed by atoms with E-state index in [1.807, 2.05) is 25.1 Å². The van der Waals surface area contributed by atoms with Crippen LogP contribution in [-0.2, 0) is 5.54 Å². The number of nitrogens with two attached hydrogens (primary N) is 1. The molecule has 0 amide bonds. The van der Waals surface area contributed by atoms with Crippen molar-refractivity contribution in [1.29, 1.82) is 0 Å². The third-order valence-corrected chi connectivity index (χ3v) is 5.09. The highest BCUT2D eigenvalue weighted by Gasteiger charge is 2.34. The van der Waals surface area contributed by atoms with Gasteiger partial charge in [-0.15, -0.1) is 0 Å². The van der Waals surface area contributed by atoms with Crippen molar-refractivity contribution in [2.45, 2.75) is 44.6 Å². The molecule has 0 unspecified atom stereocenters. The topological polar surface area (TPSA) is 64.9 Å². The Labute approximate surface area is 126 Å². The van der Waals surface area contributed by atoms with E-state index in [0.29, 0.717) is 11.7 Å². The number of aromatic nitrogens is 2. The molecule has 20 heavy (non-hydrogen) atoms. The maximum Gasteiger partial charge on any atom is 0.259 e. The Bertz CT molecular complexity index is 617. The third-order valence-electron chi connectivity index (χ3n) is 4.04. The van der Waals surface area contributed by atoms with Gasteiger partial charge >= 0.3 is 0 Å². The maximum atomic E-state index is 6.44. The zero-order chi connectivity index (χ0) is 14.2. The van der Waals surface area contributed by atoms with Gasteiger partial charge in [0.05, 0.1) is 11.1 Å². The molecule has 0 atom stereocenters. The molecule has 5 heteroatoms. The first-order valence-corrected chi connectivity index (χ1v) is 7.78. The van der Waals surface area contributed by atoms with Crippen molar-refractivity contribution in [3.8, 4) is 11.5 Å². The summed E-state index contributed by atoms with van der Waals surface area (Å²) in [6.07, 6.45) is 5.37. The van der Waals surface area contributed by atoms with Crippen LogP contribution in [0.25, 0.3) is 11.5 Å². The Morgan fingerprint density at radius 3 is 2.75 bits per heavy atom. The molecule has 4 nitrogen and oxygen atoms in total. The number of hydrogen-bond acceptors (Lipinski definition) is 4. The fourth-order valence-electron chi connectivity index (χ4n) is 2.75. The minimum Gasteiger partial charge on any atom is -0.334 e. The van der Waals surface area contributed by atoms with Crippen LogP contribution in [0.4, 0.5) is 0 Å². The Balaban J connectivity index is 1.96. The second-order valence-corrected chi connectivity index (χ2v) is 6.37. The van der Waals surface area contributed by atoms with Crippen LogP contribution in [0.3, 0.4) is 0 Å². The van der Waals surface area contributed by atoms with Gasteiger partial charge in [0, 0.05) is 4.47 Å². The molecule has 1 aliphatic rings. The predicted octanol–water partition coefficient (Wildman–Crippen LogP) is 3.93. The molecule has 0 bridgehead atoms. The third kappa shape index (κ3) is 2.40. The largest absolute Gasteiger partial charge is 0.334 e. The van der Waals surface area contributed by atoms with Crippen LogP contribution in [0.5, 0.6) is 0 Å². The van der Waals surface area contributed by atoms with E-state index in [1.54, 1.807) is 0 Å². The Morgan fingerprint density at radius 2 is 2.00 bits per heavy atom. The smallest absolute Gasteiger partial charge is 0.259 e. The molecular formula is C15H18BrN3O. The molecule has 106 valence electrons. The Hall–Kier alpha value is -1.20. The maximum absolute atomic E-state index is 6.44. The van der Waals surface area contributed by atoms with Crippen LogP contribution in [0.1, 0.15) is 43.5 Å². The van der Waals surface area contributed by atoms with Crippen molar-refractivity contribution in [2.24, 2.45) is 5.73 Å². The molecule has 1 heterocycles. The molecule has 1 fully saturated rings. The highest BCUT2D eigenvalue weighted by Crippen LogP contribution is 2.35. The Morgan fingerprint density at radius 1 is 1.25 bits per heavy atom. The number of hydrogen-bond donors (Lipinski definition) is 1. The highest BCUT2D eigenvalue weighted by molar-refractivity contribution is 9.10. The standard InChI is InChI=1S/C15H18BrN3O/c1-10-6-5-7-11(12(10)16)13-18-14(19-20-13)15(17)8-3-2-4-9-15/h5-7H,2-4,8-9,17H2,1H3. The molecule has 2 N–H and O–H groups in total. The van der Waals surface area contributed by atoms with Gasteiger partial charge in [-0.3, -0.25) is 0 Å². The van der Waals surface area contributed by atoms with Crippen LogP contribution >= 0.6 is 15.9 Å². The normalized spacial score (nSPS) is 18.1. The van der Waals surface area contributed by atoms with Gasteiger partial charge in [0.1, 0.15) is 0 Å². The molecular weight excluding hydrogens is 318 g/mol. The van der Waals surface area contributed by atoms with Gasteiger partial charge in [0.2, 0.25) is 0 Å². The fourth-order valence-corrected chi connectivity index (χ4v) is 3.19. The van der Waals surface area contributed by atoms with Crippen molar-refractivity contribution < 1.29 is 4.52 Å². The fraction of sp³-hybridized carbons (Fsp3) is 0.467. The number of halogens is 1. The summed E-state index contributed by atoms with van der Waals surface area (Å²) in [7, 11) is 0. The number of nitrogens with zero attached hydrogens (tertiary/aromatic N) is 2. The van der Waals surface area contributed by atoms with Gasteiger partial charge in [0.15, 0.2) is 5.82 Å². The molecule has 2 aromatic rings. The summed E-state index contributed by atoms with van der Waals surface area (Å²) in [5.41, 5.74) is 8.08. The highest BCUT2D eigenvalue weighted by atomic mass is 79.9. The van der Waals surface area contributed by atoms with Gasteiger partial charge < -0.3 is 10.3 Å². The van der Waals surface area contributed by atoms with Gasteiger partial charge in [-0.1, -0.05) is 36.6 Å². The van der Waals surface area contributed by atoms with Gasteiger partial charge in [-0.2, -0.15) is 4.98 Å². The summed E-state index contributed by atoms with van der Waals surface area (Å²) in [4.78, 5) is 4.55. The lowest BCUT2D eigenvalue weighted by Crippen LogP contribution is -2.39. The van der Waals surface area contributed by atoms with E-state index in [2.05, 4.69) is 26.1 Å². The molecule has 1 aliphatic carbocycles. The number of rotatable bonds is 2. The van der Waals surface area contributed by atoms with Crippen LogP contribution in [0.15, 0.2) is 27.2 Å². The molecule has 0 spiro atoms. The van der Waals surface area contributed by atoms with E-state index in [1.165, 1.54) is 6.42 Å². The minimum absolute atomic E-state index is 0.420. The lowest BCUT2D eigenvalue weighted by atomic mass is 9.82. The number of benzene rings is 1. The second kappa shape index (κ2) is 5.30. The summed E-state index contributed by atoms with van der Waals surface area (Å²) in [6.45, 7) is 2.04. The summed E-state index contributed by atoms with van der Waals surface area (Å²) in [5.74, 6) is 1.17. The van der Waals surface area contributed by atoms with Crippen LogP contribution < -0.4 is 5.73 Å². The SMILES string of the molecule is Cc1cccc(-c2nc(C3(N)CCCCC3)no2)c1Br. The van der Waals surface area contributed by atoms with Gasteiger partial charge in [-0.05, 0) is 47.3 Å². The van der Waals surface area contributed by atoms with Crippen molar-refractivity contribution >= 4 is 15.9 Å². The summed E-state index contributed by atoms with van der Waals surface area (Å²) in [6, 6.07) is 5.99. The van der Waals surface area contributed by atoms with E-state index >= 15 is 0 Å². The van der Waals surface area contributed by atoms with E-state index in [4.69, 9.17) is 10.3 Å². The molecule has 0 aliphatic heterocycles. The average Bonchev–Trinajstić information content (AvgIpc) is 2.93. The van der Waals surface area contributed by atoms with Gasteiger partial charge in [-0.25, -0.2) is 0 Å². The molecule has 0 saturated heterocycles. The number of aryl methyl sites for hydroxylation is 1. The van der Waals surface area contributed by atoms with Crippen molar-refractivity contribution in [1.82, 2.24) is 10.1 Å².